The van der Waals surface area contributed by atoms with E-state index in [0.29, 0.717) is 28.5 Å². The van der Waals surface area contributed by atoms with Crippen molar-refractivity contribution in [3.8, 4) is 22.8 Å². The average Bonchev–Trinajstić information content (AvgIpc) is 3.48. The fourth-order valence-electron chi connectivity index (χ4n) is 3.67. The number of nitrogens with zero attached hydrogens (tertiary/aromatic N) is 5. The van der Waals surface area contributed by atoms with Crippen molar-refractivity contribution in [2.24, 2.45) is 0 Å². The third kappa shape index (κ3) is 3.47. The van der Waals surface area contributed by atoms with Crippen LogP contribution < -0.4 is 5.32 Å². The molecule has 158 valence electrons. The fourth-order valence-corrected chi connectivity index (χ4v) is 3.67. The number of rotatable bonds is 4. The van der Waals surface area contributed by atoms with Gasteiger partial charge >= 0.3 is 0 Å². The number of carbonyl (C=O) groups is 1. The Hall–Kier alpha value is -4.92. The Balaban J connectivity index is 1.36. The van der Waals surface area contributed by atoms with Crippen LogP contribution in [0.2, 0.25) is 0 Å². The number of pyridine rings is 3. The molecule has 0 aliphatic carbocycles. The van der Waals surface area contributed by atoms with Crippen molar-refractivity contribution < 1.29 is 4.79 Å². The molecule has 0 saturated carbocycles. The van der Waals surface area contributed by atoms with E-state index in [-0.39, 0.29) is 5.91 Å². The molecule has 9 heteroatoms. The Morgan fingerprint density at radius 1 is 0.909 bits per heavy atom. The van der Waals surface area contributed by atoms with E-state index in [1.807, 2.05) is 36.4 Å². The Bertz CT molecular complexity index is 1590. The number of hydrogen-bond donors (Lipinski definition) is 3. The first-order valence-corrected chi connectivity index (χ1v) is 10.2. The van der Waals surface area contributed by atoms with Gasteiger partial charge < -0.3 is 10.3 Å². The maximum Gasteiger partial charge on any atom is 0.255 e. The van der Waals surface area contributed by atoms with E-state index in [0.717, 1.165) is 27.5 Å². The van der Waals surface area contributed by atoms with Crippen LogP contribution in [0.1, 0.15) is 10.4 Å². The van der Waals surface area contributed by atoms with Gasteiger partial charge in [-0.1, -0.05) is 18.2 Å². The summed E-state index contributed by atoms with van der Waals surface area (Å²) in [4.78, 5) is 33.3. The first-order chi connectivity index (χ1) is 16.2. The number of carbonyl (C=O) groups excluding carboxylic acids is 1. The number of fused-ring (bicyclic) bond motifs is 2. The van der Waals surface area contributed by atoms with Crippen molar-refractivity contribution >= 4 is 33.5 Å². The lowest BCUT2D eigenvalue weighted by Gasteiger charge is -2.07. The molecule has 0 fully saturated rings. The third-order valence-corrected chi connectivity index (χ3v) is 5.28. The minimum absolute atomic E-state index is 0.200. The lowest BCUT2D eigenvalue weighted by molar-refractivity contribution is 0.102. The van der Waals surface area contributed by atoms with Crippen LogP contribution in [-0.2, 0) is 0 Å². The highest BCUT2D eigenvalue weighted by Gasteiger charge is 2.15. The molecule has 5 aromatic heterocycles. The summed E-state index contributed by atoms with van der Waals surface area (Å²) in [5.41, 5.74) is 5.75. The second kappa shape index (κ2) is 7.65. The predicted octanol–water partition coefficient (Wildman–Crippen LogP) is 4.21. The molecule has 1 amide bonds. The number of aromatic amines is 2. The second-order valence-electron chi connectivity index (χ2n) is 7.45. The number of hydrogen-bond acceptors (Lipinski definition) is 6. The molecular formula is C24H16N8O. The summed E-state index contributed by atoms with van der Waals surface area (Å²) in [6.45, 7) is 0. The zero-order valence-corrected chi connectivity index (χ0v) is 17.1. The molecular weight excluding hydrogens is 416 g/mol. The van der Waals surface area contributed by atoms with Crippen molar-refractivity contribution in [2.45, 2.75) is 0 Å². The maximum atomic E-state index is 12.5. The van der Waals surface area contributed by atoms with Crippen molar-refractivity contribution in [3.05, 3.63) is 85.1 Å². The Kier molecular flexibility index (Phi) is 4.36. The molecule has 9 nitrogen and oxygen atoms in total. The summed E-state index contributed by atoms with van der Waals surface area (Å²) >= 11 is 0. The van der Waals surface area contributed by atoms with Crippen molar-refractivity contribution in [1.82, 2.24) is 35.1 Å². The van der Waals surface area contributed by atoms with Gasteiger partial charge in [0.15, 0.2) is 5.82 Å². The molecule has 6 aromatic rings. The molecule has 3 N–H and O–H groups in total. The number of amides is 1. The van der Waals surface area contributed by atoms with Crippen LogP contribution in [-0.4, -0.2) is 41.0 Å². The van der Waals surface area contributed by atoms with E-state index in [1.165, 1.54) is 0 Å². The molecule has 0 bridgehead atoms. The van der Waals surface area contributed by atoms with Gasteiger partial charge in [0, 0.05) is 28.9 Å². The van der Waals surface area contributed by atoms with E-state index >= 15 is 0 Å². The van der Waals surface area contributed by atoms with Gasteiger partial charge in [-0.3, -0.25) is 24.8 Å². The smallest absolute Gasteiger partial charge is 0.255 e. The number of aromatic nitrogens is 7. The summed E-state index contributed by atoms with van der Waals surface area (Å²) in [6, 6.07) is 14.7. The predicted molar refractivity (Wildman–Crippen MR) is 124 cm³/mol. The molecule has 6 rings (SSSR count). The molecule has 0 aliphatic rings. The van der Waals surface area contributed by atoms with E-state index in [1.54, 1.807) is 43.1 Å². The van der Waals surface area contributed by atoms with Crippen LogP contribution in [0.25, 0.3) is 44.7 Å². The topological polar surface area (TPSA) is 125 Å². The standard InChI is InChI=1S/C24H16N8O/c33-24(14-4-2-1-3-5-14)28-16-8-15(10-26-11-16)19-9-17-20(13-27-19)31-32-22(17)23-29-18-6-7-25-12-21(18)30-23/h1-13H,(H,28,33)(H,29,30)(H,31,32). The highest BCUT2D eigenvalue weighted by Crippen LogP contribution is 2.29. The van der Waals surface area contributed by atoms with Gasteiger partial charge in [0.1, 0.15) is 5.69 Å². The average molecular weight is 432 g/mol. The van der Waals surface area contributed by atoms with Gasteiger partial charge in [0.2, 0.25) is 0 Å². The summed E-state index contributed by atoms with van der Waals surface area (Å²) < 4.78 is 0. The first kappa shape index (κ1) is 18.8. The molecule has 0 spiro atoms. The Morgan fingerprint density at radius 2 is 1.82 bits per heavy atom. The monoisotopic (exact) mass is 432 g/mol. The normalized spacial score (nSPS) is 11.2. The third-order valence-electron chi connectivity index (χ3n) is 5.28. The lowest BCUT2D eigenvalue weighted by Crippen LogP contribution is -2.11. The first-order valence-electron chi connectivity index (χ1n) is 10.2. The number of nitrogens with one attached hydrogen (secondary N) is 3. The van der Waals surface area contributed by atoms with Crippen LogP contribution >= 0.6 is 0 Å². The number of imidazole rings is 1. The molecule has 1 aromatic carbocycles. The van der Waals surface area contributed by atoms with E-state index < -0.39 is 0 Å². The molecule has 0 saturated heterocycles. The van der Waals surface area contributed by atoms with E-state index in [2.05, 4.69) is 40.4 Å². The zero-order valence-electron chi connectivity index (χ0n) is 17.1. The minimum Gasteiger partial charge on any atom is -0.335 e. The molecule has 5 heterocycles. The molecule has 33 heavy (non-hydrogen) atoms. The van der Waals surface area contributed by atoms with Gasteiger partial charge in [-0.15, -0.1) is 0 Å². The molecule has 0 radical (unpaired) electrons. The molecule has 0 atom stereocenters. The van der Waals surface area contributed by atoms with E-state index in [4.69, 9.17) is 0 Å². The van der Waals surface area contributed by atoms with Crippen LogP contribution in [0.5, 0.6) is 0 Å². The van der Waals surface area contributed by atoms with Gasteiger partial charge in [-0.2, -0.15) is 5.10 Å². The largest absolute Gasteiger partial charge is 0.335 e. The zero-order chi connectivity index (χ0) is 22.2. The van der Waals surface area contributed by atoms with Crippen LogP contribution in [0.15, 0.2) is 79.5 Å². The Labute approximate surface area is 187 Å². The number of anilines is 1. The minimum atomic E-state index is -0.200. The SMILES string of the molecule is O=C(Nc1cncc(-c2cc3c(-c4nc5ccncc5[nH]4)n[nH]c3cn2)c1)c1ccccc1. The lowest BCUT2D eigenvalue weighted by atomic mass is 10.1. The quantitative estimate of drug-likeness (QED) is 0.383. The Morgan fingerprint density at radius 3 is 2.70 bits per heavy atom. The van der Waals surface area contributed by atoms with Gasteiger partial charge in [-0.05, 0) is 30.3 Å². The van der Waals surface area contributed by atoms with Crippen LogP contribution in [0, 0.1) is 0 Å². The van der Waals surface area contributed by atoms with Crippen molar-refractivity contribution in [2.75, 3.05) is 5.32 Å². The van der Waals surface area contributed by atoms with Crippen LogP contribution in [0.3, 0.4) is 0 Å². The number of benzene rings is 1. The van der Waals surface area contributed by atoms with E-state index in [9.17, 15) is 4.79 Å². The van der Waals surface area contributed by atoms with Crippen molar-refractivity contribution in [1.29, 1.82) is 0 Å². The highest BCUT2D eigenvalue weighted by atomic mass is 16.1. The maximum absolute atomic E-state index is 12.5. The van der Waals surface area contributed by atoms with Crippen LogP contribution in [0.4, 0.5) is 5.69 Å². The highest BCUT2D eigenvalue weighted by molar-refractivity contribution is 6.04. The van der Waals surface area contributed by atoms with Gasteiger partial charge in [-0.25, -0.2) is 4.98 Å². The molecule has 0 aliphatic heterocycles. The summed E-state index contributed by atoms with van der Waals surface area (Å²) in [6.07, 6.45) is 8.47. The number of H-pyrrole nitrogens is 2. The second-order valence-corrected chi connectivity index (χ2v) is 7.45. The van der Waals surface area contributed by atoms with Gasteiger partial charge in [0.25, 0.3) is 5.91 Å². The summed E-state index contributed by atoms with van der Waals surface area (Å²) in [5.74, 6) is 0.442. The summed E-state index contributed by atoms with van der Waals surface area (Å²) in [5, 5.41) is 11.2. The van der Waals surface area contributed by atoms with Gasteiger partial charge in [0.05, 0.1) is 46.5 Å². The van der Waals surface area contributed by atoms with Crippen molar-refractivity contribution in [3.63, 3.8) is 0 Å². The summed E-state index contributed by atoms with van der Waals surface area (Å²) in [7, 11) is 0. The molecule has 0 unspecified atom stereocenters. The fraction of sp³-hybridized carbons (Fsp3) is 0.